The fourth-order valence-corrected chi connectivity index (χ4v) is 5.55. The first-order valence-electron chi connectivity index (χ1n) is 4.52. The van der Waals surface area contributed by atoms with Crippen LogP contribution in [0.1, 0.15) is 32.1 Å². The van der Waals surface area contributed by atoms with Crippen molar-refractivity contribution in [3.63, 3.8) is 0 Å². The van der Waals surface area contributed by atoms with Gasteiger partial charge in [-0.2, -0.15) is 0 Å². The molecule has 66 valence electrons. The predicted molar refractivity (Wildman–Crippen MR) is 63.9 cm³/mol. The zero-order valence-corrected chi connectivity index (χ0v) is 10.3. The van der Waals surface area contributed by atoms with E-state index in [-0.39, 0.29) is 0 Å². The largest absolute Gasteiger partial charge is 0.118 e. The van der Waals surface area contributed by atoms with Crippen molar-refractivity contribution >= 4 is 33.5 Å². The van der Waals surface area contributed by atoms with Crippen molar-refractivity contribution in [1.82, 2.24) is 0 Å². The number of hydrogen-bond acceptors (Lipinski definition) is 0. The quantitative estimate of drug-likeness (QED) is 0.425. The van der Waals surface area contributed by atoms with E-state index in [4.69, 9.17) is 0 Å². The number of hydrogen-bond donors (Lipinski definition) is 0. The molecule has 2 heteroatoms. The van der Waals surface area contributed by atoms with Crippen LogP contribution < -0.4 is 0 Å². The molecule has 0 spiro atoms. The highest BCUT2D eigenvalue weighted by atomic mass is 127. The van der Waals surface area contributed by atoms with Crippen LogP contribution in [0.4, 0.5) is 0 Å². The van der Waals surface area contributed by atoms with Crippen molar-refractivity contribution in [2.45, 2.75) is 37.4 Å². The van der Waals surface area contributed by atoms with Crippen molar-refractivity contribution in [1.29, 1.82) is 0 Å². The monoisotopic (exact) mass is 285 g/mol. The summed E-state index contributed by atoms with van der Waals surface area (Å²) in [7, 11) is 0.736. The summed E-state index contributed by atoms with van der Waals surface area (Å²) in [5.41, 5.74) is 0. The van der Waals surface area contributed by atoms with E-state index >= 15 is 0 Å². The molecular weight excluding hydrogens is 267 g/mol. The third-order valence-corrected chi connectivity index (χ3v) is 6.25. The van der Waals surface area contributed by atoms with E-state index in [2.05, 4.69) is 28.8 Å². The minimum absolute atomic E-state index is 0.736. The summed E-state index contributed by atoms with van der Waals surface area (Å²) in [4.78, 5) is 0. The lowest BCUT2D eigenvalue weighted by molar-refractivity contribution is 0.513. The number of halogens is 1. The fraction of sp³-hybridized carbons (Fsp3) is 1.00. The third-order valence-electron chi connectivity index (χ3n) is 2.52. The van der Waals surface area contributed by atoms with Crippen LogP contribution in [0.25, 0.3) is 0 Å². The molecule has 1 aliphatic carbocycles. The van der Waals surface area contributed by atoms with Crippen LogP contribution in [0, 0.1) is 0 Å². The summed E-state index contributed by atoms with van der Waals surface area (Å²) in [5, 5.41) is 1.10. The van der Waals surface area contributed by atoms with Gasteiger partial charge in [0.05, 0.1) is 6.26 Å². The predicted octanol–water partition coefficient (Wildman–Crippen LogP) is 3.00. The van der Waals surface area contributed by atoms with Crippen LogP contribution in [-0.2, 0) is 10.9 Å². The Balaban J connectivity index is 2.21. The Labute approximate surface area is 87.0 Å². The van der Waals surface area contributed by atoms with Gasteiger partial charge in [0.25, 0.3) is 0 Å². The van der Waals surface area contributed by atoms with Crippen molar-refractivity contribution in [2.75, 3.05) is 16.4 Å². The minimum Gasteiger partial charge on any atom is -0.0813 e. The maximum absolute atomic E-state index is 2.51. The van der Waals surface area contributed by atoms with Gasteiger partial charge in [0, 0.05) is 4.43 Å². The molecule has 0 radical (unpaired) electrons. The first-order valence-corrected chi connectivity index (χ1v) is 7.91. The summed E-state index contributed by atoms with van der Waals surface area (Å²) >= 11 is 2.51. The molecule has 0 aromatic rings. The number of rotatable bonds is 3. The normalized spacial score (nSPS) is 23.5. The van der Waals surface area contributed by atoms with E-state index in [9.17, 15) is 0 Å². The molecule has 1 aliphatic rings. The smallest absolute Gasteiger partial charge is 0.0813 e. The Bertz CT molecular complexity index is 99.7. The first kappa shape index (κ1) is 10.2. The van der Waals surface area contributed by atoms with Gasteiger partial charge < -0.3 is 0 Å². The molecule has 0 amide bonds. The molecule has 1 saturated carbocycles. The SMILES string of the molecule is C[S+](CCI)C1CCCCC1. The molecule has 0 saturated heterocycles. The highest BCUT2D eigenvalue weighted by Crippen LogP contribution is 2.24. The van der Waals surface area contributed by atoms with E-state index in [1.54, 1.807) is 0 Å². The highest BCUT2D eigenvalue weighted by Gasteiger charge is 2.26. The van der Waals surface area contributed by atoms with E-state index in [0.717, 1.165) is 16.1 Å². The lowest BCUT2D eigenvalue weighted by Gasteiger charge is -2.19. The summed E-state index contributed by atoms with van der Waals surface area (Å²) in [6, 6.07) is 0. The van der Waals surface area contributed by atoms with E-state index in [1.807, 2.05) is 0 Å². The topological polar surface area (TPSA) is 0 Å². The van der Waals surface area contributed by atoms with Gasteiger partial charge in [-0.3, -0.25) is 0 Å². The summed E-state index contributed by atoms with van der Waals surface area (Å²) < 4.78 is 1.36. The molecule has 1 fully saturated rings. The standard InChI is InChI=1S/C9H18IS/c1-11(8-7-10)9-5-3-2-4-6-9/h9H,2-8H2,1H3/q+1. The molecule has 11 heavy (non-hydrogen) atoms. The Morgan fingerprint density at radius 1 is 1.27 bits per heavy atom. The van der Waals surface area contributed by atoms with Crippen LogP contribution in [0.3, 0.4) is 0 Å². The average Bonchev–Trinajstić information content (AvgIpc) is 2.07. The van der Waals surface area contributed by atoms with Gasteiger partial charge in [0.2, 0.25) is 0 Å². The van der Waals surface area contributed by atoms with E-state index in [0.29, 0.717) is 0 Å². The number of alkyl halides is 1. The van der Waals surface area contributed by atoms with E-state index in [1.165, 1.54) is 42.3 Å². The molecule has 1 unspecified atom stereocenters. The molecule has 0 nitrogen and oxygen atoms in total. The molecule has 0 aromatic heterocycles. The second kappa shape index (κ2) is 5.68. The first-order chi connectivity index (χ1) is 5.34. The molecule has 0 heterocycles. The average molecular weight is 285 g/mol. The Hall–Kier alpha value is 1.08. The minimum atomic E-state index is 0.736. The molecule has 1 atom stereocenters. The third kappa shape index (κ3) is 3.53. The van der Waals surface area contributed by atoms with Gasteiger partial charge in [-0.05, 0) is 36.6 Å². The summed E-state index contributed by atoms with van der Waals surface area (Å²) in [6.07, 6.45) is 10.0. The van der Waals surface area contributed by atoms with Crippen molar-refractivity contribution in [2.24, 2.45) is 0 Å². The van der Waals surface area contributed by atoms with Gasteiger partial charge in [-0.25, -0.2) is 0 Å². The summed E-state index contributed by atoms with van der Waals surface area (Å²) in [6.45, 7) is 0. The molecular formula is C9H18IS+. The van der Waals surface area contributed by atoms with Gasteiger partial charge in [0.15, 0.2) is 0 Å². The second-order valence-electron chi connectivity index (χ2n) is 3.34. The fourth-order valence-electron chi connectivity index (χ4n) is 1.76. The Morgan fingerprint density at radius 3 is 2.45 bits per heavy atom. The maximum atomic E-state index is 2.51. The van der Waals surface area contributed by atoms with Crippen molar-refractivity contribution in [3.05, 3.63) is 0 Å². The van der Waals surface area contributed by atoms with Crippen LogP contribution in [0.15, 0.2) is 0 Å². The van der Waals surface area contributed by atoms with E-state index < -0.39 is 0 Å². The molecule has 0 bridgehead atoms. The molecule has 0 aromatic carbocycles. The Morgan fingerprint density at radius 2 is 1.91 bits per heavy atom. The van der Waals surface area contributed by atoms with Crippen LogP contribution >= 0.6 is 22.6 Å². The van der Waals surface area contributed by atoms with Gasteiger partial charge in [-0.15, -0.1) is 0 Å². The second-order valence-corrected chi connectivity index (χ2v) is 6.88. The lowest BCUT2D eigenvalue weighted by Crippen LogP contribution is -2.26. The summed E-state index contributed by atoms with van der Waals surface area (Å²) in [5.74, 6) is 1.46. The molecule has 0 N–H and O–H groups in total. The van der Waals surface area contributed by atoms with Crippen molar-refractivity contribution < 1.29 is 0 Å². The van der Waals surface area contributed by atoms with Crippen LogP contribution in [0.2, 0.25) is 0 Å². The molecule has 1 rings (SSSR count). The van der Waals surface area contributed by atoms with Gasteiger partial charge in [0.1, 0.15) is 11.0 Å². The maximum Gasteiger partial charge on any atom is 0.118 e. The zero-order valence-electron chi connectivity index (χ0n) is 7.31. The Kier molecular flexibility index (Phi) is 5.25. The highest BCUT2D eigenvalue weighted by molar-refractivity contribution is 14.1. The van der Waals surface area contributed by atoms with Crippen LogP contribution in [0.5, 0.6) is 0 Å². The zero-order chi connectivity index (χ0) is 8.10. The van der Waals surface area contributed by atoms with Crippen LogP contribution in [-0.4, -0.2) is 21.7 Å². The molecule has 0 aliphatic heterocycles. The van der Waals surface area contributed by atoms with Gasteiger partial charge >= 0.3 is 0 Å². The lowest BCUT2D eigenvalue weighted by atomic mass is 10.0. The van der Waals surface area contributed by atoms with Crippen molar-refractivity contribution in [3.8, 4) is 0 Å². The van der Waals surface area contributed by atoms with Gasteiger partial charge in [-0.1, -0.05) is 29.0 Å².